The van der Waals surface area contributed by atoms with Gasteiger partial charge in [-0.25, -0.2) is 5.06 Å². The zero-order valence-corrected chi connectivity index (χ0v) is 16.6. The normalized spacial score (nSPS) is 25.9. The highest BCUT2D eigenvalue weighted by Crippen LogP contribution is 2.39. The first kappa shape index (κ1) is 20.1. The number of aliphatic hydroxyl groups excluding tert-OH is 1. The molecule has 0 aliphatic carbocycles. The summed E-state index contributed by atoms with van der Waals surface area (Å²) in [6.07, 6.45) is -0.328. The fourth-order valence-electron chi connectivity index (χ4n) is 3.88. The Hall–Kier alpha value is -2.23. The number of carbonyl (C=O) groups excluding carboxylic acids is 1. The van der Waals surface area contributed by atoms with Crippen LogP contribution in [0.5, 0.6) is 0 Å². The van der Waals surface area contributed by atoms with E-state index in [-0.39, 0.29) is 18.6 Å². The molecule has 2 aliphatic rings. The topological polar surface area (TPSA) is 82.4 Å². The molecule has 29 heavy (non-hydrogen) atoms. The molecule has 4 rings (SSSR count). The third kappa shape index (κ3) is 3.94. The number of hydrogen-bond donors (Lipinski definition) is 1. The van der Waals surface area contributed by atoms with Gasteiger partial charge in [0.1, 0.15) is 11.8 Å². The highest BCUT2D eigenvalue weighted by Gasteiger charge is 2.50. The molecule has 2 aromatic rings. The van der Waals surface area contributed by atoms with Gasteiger partial charge in [0.05, 0.1) is 39.6 Å². The van der Waals surface area contributed by atoms with Gasteiger partial charge < -0.3 is 23.9 Å². The Bertz CT molecular complexity index is 854. The van der Waals surface area contributed by atoms with Crippen molar-refractivity contribution in [1.29, 1.82) is 0 Å². The Labute approximate surface area is 169 Å². The molecule has 1 saturated heterocycles. The zero-order valence-electron chi connectivity index (χ0n) is 16.6. The quantitative estimate of drug-likeness (QED) is 0.741. The molecule has 0 unspecified atom stereocenters. The Morgan fingerprint density at radius 3 is 2.83 bits per heavy atom. The molecule has 1 spiro atoms. The number of benzene rings is 1. The smallest absolute Gasteiger partial charge is 0.293 e. The molecule has 3 atom stereocenters. The van der Waals surface area contributed by atoms with Gasteiger partial charge in [0.25, 0.3) is 5.91 Å². The lowest BCUT2D eigenvalue weighted by Crippen LogP contribution is -2.43. The predicted molar refractivity (Wildman–Crippen MR) is 103 cm³/mol. The lowest BCUT2D eigenvalue weighted by molar-refractivity contribution is -0.255. The van der Waals surface area contributed by atoms with Crippen molar-refractivity contribution in [2.75, 3.05) is 20.8 Å². The van der Waals surface area contributed by atoms with E-state index < -0.39 is 11.9 Å². The standard InChI is InChI=1S/C21H26N2O6/c1-22(26-2)20(25)17-9-8-16-13-28-21(14-23(16)17)10-18(19(11-24)29-21)27-12-15-6-4-3-5-7-15/h3-9,18-19,24H,10-14H2,1-2H3/t18-,19+,21+/m0/s1. The van der Waals surface area contributed by atoms with Gasteiger partial charge in [0, 0.05) is 19.2 Å². The van der Waals surface area contributed by atoms with Crippen LogP contribution in [0.4, 0.5) is 0 Å². The van der Waals surface area contributed by atoms with Gasteiger partial charge in [-0.3, -0.25) is 9.63 Å². The molecule has 1 N–H and O–H groups in total. The van der Waals surface area contributed by atoms with E-state index >= 15 is 0 Å². The van der Waals surface area contributed by atoms with Crippen molar-refractivity contribution < 1.29 is 28.9 Å². The third-order valence-electron chi connectivity index (χ3n) is 5.51. The first-order chi connectivity index (χ1) is 14.0. The molecule has 1 aromatic heterocycles. The van der Waals surface area contributed by atoms with E-state index in [0.717, 1.165) is 11.3 Å². The van der Waals surface area contributed by atoms with E-state index in [1.165, 1.54) is 12.2 Å². The van der Waals surface area contributed by atoms with Gasteiger partial charge >= 0.3 is 0 Å². The summed E-state index contributed by atoms with van der Waals surface area (Å²) in [4.78, 5) is 17.6. The first-order valence-electron chi connectivity index (χ1n) is 9.64. The van der Waals surface area contributed by atoms with Crippen LogP contribution in [0.3, 0.4) is 0 Å². The predicted octanol–water partition coefficient (Wildman–Crippen LogP) is 1.71. The van der Waals surface area contributed by atoms with Crippen molar-refractivity contribution in [1.82, 2.24) is 9.63 Å². The van der Waals surface area contributed by atoms with Gasteiger partial charge in [0.15, 0.2) is 5.79 Å². The maximum absolute atomic E-state index is 12.6. The fraction of sp³-hybridized carbons (Fsp3) is 0.476. The minimum Gasteiger partial charge on any atom is -0.394 e. The molecule has 1 amide bonds. The van der Waals surface area contributed by atoms with Crippen molar-refractivity contribution in [3.05, 3.63) is 59.4 Å². The summed E-state index contributed by atoms with van der Waals surface area (Å²) in [6, 6.07) is 13.5. The average Bonchev–Trinajstić information content (AvgIpc) is 3.32. The number of carbonyl (C=O) groups is 1. The molecule has 0 radical (unpaired) electrons. The molecule has 3 heterocycles. The van der Waals surface area contributed by atoms with Crippen molar-refractivity contribution >= 4 is 5.91 Å². The third-order valence-corrected chi connectivity index (χ3v) is 5.51. The van der Waals surface area contributed by atoms with Crippen LogP contribution in [-0.2, 0) is 38.8 Å². The lowest BCUT2D eigenvalue weighted by atomic mass is 10.1. The van der Waals surface area contributed by atoms with Crippen LogP contribution in [0, 0.1) is 0 Å². The molecule has 0 saturated carbocycles. The van der Waals surface area contributed by atoms with Crippen LogP contribution in [0.25, 0.3) is 0 Å². The number of rotatable bonds is 6. The van der Waals surface area contributed by atoms with Crippen LogP contribution in [0.2, 0.25) is 0 Å². The SMILES string of the molecule is CON(C)C(=O)c1ccc2n1C[C@]1(C[C@H](OCc3ccccc3)[C@@H](CO)O1)OC2. The summed E-state index contributed by atoms with van der Waals surface area (Å²) in [7, 11) is 3.02. The molecule has 156 valence electrons. The van der Waals surface area contributed by atoms with Crippen molar-refractivity contribution in [3.8, 4) is 0 Å². The monoisotopic (exact) mass is 402 g/mol. The van der Waals surface area contributed by atoms with Crippen LogP contribution in [0.1, 0.15) is 28.2 Å². The molecular formula is C21H26N2O6. The molecule has 1 aromatic carbocycles. The molecular weight excluding hydrogens is 376 g/mol. The minimum atomic E-state index is -0.943. The minimum absolute atomic E-state index is 0.165. The largest absolute Gasteiger partial charge is 0.394 e. The fourth-order valence-corrected chi connectivity index (χ4v) is 3.88. The summed E-state index contributed by atoms with van der Waals surface area (Å²) < 4.78 is 20.1. The number of aliphatic hydroxyl groups is 1. The Kier molecular flexibility index (Phi) is 5.71. The summed E-state index contributed by atoms with van der Waals surface area (Å²) >= 11 is 0. The van der Waals surface area contributed by atoms with E-state index in [2.05, 4.69) is 0 Å². The second kappa shape index (κ2) is 8.25. The number of hydroxylamine groups is 2. The van der Waals surface area contributed by atoms with Crippen LogP contribution in [0.15, 0.2) is 42.5 Å². The van der Waals surface area contributed by atoms with Gasteiger partial charge in [-0.1, -0.05) is 30.3 Å². The van der Waals surface area contributed by atoms with Crippen molar-refractivity contribution in [3.63, 3.8) is 0 Å². The van der Waals surface area contributed by atoms with Crippen molar-refractivity contribution in [2.24, 2.45) is 0 Å². The maximum atomic E-state index is 12.6. The van der Waals surface area contributed by atoms with Gasteiger partial charge in [-0.2, -0.15) is 0 Å². The molecule has 1 fully saturated rings. The second-order valence-corrected chi connectivity index (χ2v) is 7.36. The van der Waals surface area contributed by atoms with E-state index in [1.54, 1.807) is 13.1 Å². The zero-order chi connectivity index (χ0) is 20.4. The highest BCUT2D eigenvalue weighted by atomic mass is 16.7. The Morgan fingerprint density at radius 2 is 2.10 bits per heavy atom. The van der Waals surface area contributed by atoms with Gasteiger partial charge in [-0.15, -0.1) is 0 Å². The molecule has 8 heteroatoms. The van der Waals surface area contributed by atoms with Crippen LogP contribution >= 0.6 is 0 Å². The second-order valence-electron chi connectivity index (χ2n) is 7.36. The Morgan fingerprint density at radius 1 is 1.31 bits per heavy atom. The summed E-state index contributed by atoms with van der Waals surface area (Å²) in [5.41, 5.74) is 2.45. The number of amides is 1. The van der Waals surface area contributed by atoms with E-state index in [1.807, 2.05) is 41.0 Å². The number of aromatic nitrogens is 1. The van der Waals surface area contributed by atoms with Crippen LogP contribution < -0.4 is 0 Å². The molecule has 2 aliphatic heterocycles. The van der Waals surface area contributed by atoms with Gasteiger partial charge in [-0.05, 0) is 17.7 Å². The highest BCUT2D eigenvalue weighted by molar-refractivity contribution is 5.92. The maximum Gasteiger partial charge on any atom is 0.293 e. The van der Waals surface area contributed by atoms with E-state index in [0.29, 0.717) is 31.9 Å². The summed E-state index contributed by atoms with van der Waals surface area (Å²) in [5, 5.41) is 11.0. The Balaban J connectivity index is 1.50. The van der Waals surface area contributed by atoms with E-state index in [9.17, 15) is 9.90 Å². The first-order valence-corrected chi connectivity index (χ1v) is 9.64. The number of fused-ring (bicyclic) bond motifs is 1. The lowest BCUT2D eigenvalue weighted by Gasteiger charge is -2.35. The average molecular weight is 402 g/mol. The summed E-state index contributed by atoms with van der Waals surface area (Å²) in [5.74, 6) is -1.19. The van der Waals surface area contributed by atoms with Crippen LogP contribution in [-0.4, -0.2) is 59.4 Å². The number of nitrogens with zero attached hydrogens (tertiary/aromatic N) is 2. The van der Waals surface area contributed by atoms with E-state index in [4.69, 9.17) is 19.0 Å². The van der Waals surface area contributed by atoms with Gasteiger partial charge in [0.2, 0.25) is 0 Å². The number of hydrogen-bond acceptors (Lipinski definition) is 6. The molecule has 0 bridgehead atoms. The van der Waals surface area contributed by atoms with Crippen molar-refractivity contribution in [2.45, 2.75) is 44.2 Å². The molecule has 8 nitrogen and oxygen atoms in total. The summed E-state index contributed by atoms with van der Waals surface area (Å²) in [6.45, 7) is 0.920. The number of ether oxygens (including phenoxy) is 3.